The molecule has 2 unspecified atom stereocenters. The zero-order chi connectivity index (χ0) is 12.5. The molecule has 2 rings (SSSR count). The van der Waals surface area contributed by atoms with Gasteiger partial charge in [0.25, 0.3) is 0 Å². The fraction of sp³-hybridized carbons (Fsp3) is 0.750. The van der Waals surface area contributed by atoms with Crippen LogP contribution in [0, 0.1) is 5.92 Å². The van der Waals surface area contributed by atoms with Crippen molar-refractivity contribution in [3.05, 3.63) is 16.4 Å². The number of halogens is 1. The highest BCUT2D eigenvalue weighted by atomic mass is 79.9. The first-order valence-corrected chi connectivity index (χ1v) is 7.03. The molecule has 4 nitrogen and oxygen atoms in total. The Kier molecular flexibility index (Phi) is 3.90. The molecule has 0 bridgehead atoms. The Hall–Kier alpha value is -0.390. The molecule has 1 aliphatic rings. The predicted molar refractivity (Wildman–Crippen MR) is 70.8 cm³/mol. The molecule has 0 saturated carbocycles. The Balaban J connectivity index is 2.39. The Morgan fingerprint density at radius 2 is 2.47 bits per heavy atom. The standard InChI is InChI=1S/C12H20BrN3O/c1-3-6-16-11(10(13)8-15-16)12(17)4-5-14-7-9(12)2/h8-9,14,17H,3-7H2,1-2H3. The van der Waals surface area contributed by atoms with Gasteiger partial charge in [0.1, 0.15) is 5.60 Å². The van der Waals surface area contributed by atoms with Crippen molar-refractivity contribution in [2.75, 3.05) is 13.1 Å². The third-order valence-electron chi connectivity index (χ3n) is 3.59. The Bertz CT molecular complexity index is 393. The molecule has 0 radical (unpaired) electrons. The van der Waals surface area contributed by atoms with Gasteiger partial charge in [-0.3, -0.25) is 4.68 Å². The summed E-state index contributed by atoms with van der Waals surface area (Å²) in [6.45, 7) is 6.76. The van der Waals surface area contributed by atoms with E-state index in [0.717, 1.165) is 42.6 Å². The Morgan fingerprint density at radius 1 is 1.71 bits per heavy atom. The summed E-state index contributed by atoms with van der Waals surface area (Å²) in [5.74, 6) is 0.194. The maximum Gasteiger partial charge on any atom is 0.112 e. The molecule has 2 heterocycles. The number of piperidine rings is 1. The molecule has 0 amide bonds. The van der Waals surface area contributed by atoms with Crippen LogP contribution < -0.4 is 5.32 Å². The largest absolute Gasteiger partial charge is 0.383 e. The minimum atomic E-state index is -0.768. The Morgan fingerprint density at radius 3 is 3.12 bits per heavy atom. The van der Waals surface area contributed by atoms with Crippen LogP contribution >= 0.6 is 15.9 Å². The van der Waals surface area contributed by atoms with Crippen LogP contribution in [-0.2, 0) is 12.1 Å². The van der Waals surface area contributed by atoms with Gasteiger partial charge in [-0.15, -0.1) is 0 Å². The first-order valence-electron chi connectivity index (χ1n) is 6.24. The lowest BCUT2D eigenvalue weighted by molar-refractivity contribution is -0.0472. The average Bonchev–Trinajstić information content (AvgIpc) is 2.65. The molecule has 0 spiro atoms. The topological polar surface area (TPSA) is 50.1 Å². The molecule has 5 heteroatoms. The molecular formula is C12H20BrN3O. The zero-order valence-electron chi connectivity index (χ0n) is 10.4. The van der Waals surface area contributed by atoms with E-state index in [2.05, 4.69) is 40.2 Å². The van der Waals surface area contributed by atoms with E-state index < -0.39 is 5.60 Å². The first kappa shape index (κ1) is 13.1. The number of hydrogen-bond donors (Lipinski definition) is 2. The third-order valence-corrected chi connectivity index (χ3v) is 4.17. The van der Waals surface area contributed by atoms with Crippen molar-refractivity contribution in [3.8, 4) is 0 Å². The monoisotopic (exact) mass is 301 g/mol. The van der Waals surface area contributed by atoms with Gasteiger partial charge < -0.3 is 10.4 Å². The minimum absolute atomic E-state index is 0.194. The van der Waals surface area contributed by atoms with Gasteiger partial charge >= 0.3 is 0 Å². The normalized spacial score (nSPS) is 29.5. The quantitative estimate of drug-likeness (QED) is 0.896. The summed E-state index contributed by atoms with van der Waals surface area (Å²) in [5, 5.41) is 18.6. The molecule has 1 saturated heterocycles. The summed E-state index contributed by atoms with van der Waals surface area (Å²) in [6.07, 6.45) is 3.55. The van der Waals surface area contributed by atoms with E-state index in [4.69, 9.17) is 0 Å². The van der Waals surface area contributed by atoms with Gasteiger partial charge in [-0.25, -0.2) is 0 Å². The van der Waals surface area contributed by atoms with Gasteiger partial charge in [0.05, 0.1) is 16.4 Å². The van der Waals surface area contributed by atoms with Crippen molar-refractivity contribution in [1.82, 2.24) is 15.1 Å². The third kappa shape index (κ3) is 2.28. The molecule has 17 heavy (non-hydrogen) atoms. The second-order valence-corrected chi connectivity index (χ2v) is 5.70. The van der Waals surface area contributed by atoms with Gasteiger partial charge in [0.15, 0.2) is 0 Å². The van der Waals surface area contributed by atoms with Crippen LogP contribution in [0.15, 0.2) is 10.7 Å². The van der Waals surface area contributed by atoms with Crippen LogP contribution in [0.4, 0.5) is 0 Å². The minimum Gasteiger partial charge on any atom is -0.383 e. The molecule has 0 aromatic carbocycles. The number of nitrogens with one attached hydrogen (secondary N) is 1. The van der Waals surface area contributed by atoms with E-state index in [1.807, 2.05) is 4.68 Å². The van der Waals surface area contributed by atoms with Crippen molar-refractivity contribution in [2.24, 2.45) is 5.92 Å². The van der Waals surface area contributed by atoms with Gasteiger partial charge in [0.2, 0.25) is 0 Å². The zero-order valence-corrected chi connectivity index (χ0v) is 12.0. The van der Waals surface area contributed by atoms with Gasteiger partial charge in [0, 0.05) is 19.0 Å². The van der Waals surface area contributed by atoms with Crippen LogP contribution in [0.1, 0.15) is 32.4 Å². The lowest BCUT2D eigenvalue weighted by Gasteiger charge is -2.39. The second-order valence-electron chi connectivity index (χ2n) is 4.84. The average molecular weight is 302 g/mol. The number of aryl methyl sites for hydroxylation is 1. The molecule has 2 N–H and O–H groups in total. The molecule has 1 fully saturated rings. The van der Waals surface area contributed by atoms with Crippen LogP contribution in [0.3, 0.4) is 0 Å². The maximum absolute atomic E-state index is 11.0. The summed E-state index contributed by atoms with van der Waals surface area (Å²) in [7, 11) is 0. The first-order chi connectivity index (χ1) is 8.09. The summed E-state index contributed by atoms with van der Waals surface area (Å²) < 4.78 is 2.86. The summed E-state index contributed by atoms with van der Waals surface area (Å²) in [6, 6.07) is 0. The smallest absolute Gasteiger partial charge is 0.112 e. The van der Waals surface area contributed by atoms with Crippen LogP contribution in [0.25, 0.3) is 0 Å². The van der Waals surface area contributed by atoms with Gasteiger partial charge in [-0.05, 0) is 35.3 Å². The molecule has 1 aliphatic heterocycles. The van der Waals surface area contributed by atoms with Crippen LogP contribution in [0.5, 0.6) is 0 Å². The van der Waals surface area contributed by atoms with E-state index >= 15 is 0 Å². The molecule has 1 aromatic heterocycles. The van der Waals surface area contributed by atoms with Gasteiger partial charge in [-0.1, -0.05) is 13.8 Å². The number of nitrogens with zero attached hydrogens (tertiary/aromatic N) is 2. The predicted octanol–water partition coefficient (Wildman–Crippen LogP) is 1.87. The van der Waals surface area contributed by atoms with E-state index in [9.17, 15) is 5.11 Å². The Labute approximate surface area is 111 Å². The lowest BCUT2D eigenvalue weighted by Crippen LogP contribution is -2.48. The maximum atomic E-state index is 11.0. The summed E-state index contributed by atoms with van der Waals surface area (Å²) >= 11 is 3.52. The summed E-state index contributed by atoms with van der Waals surface area (Å²) in [5.41, 5.74) is 0.170. The number of aromatic nitrogens is 2. The highest BCUT2D eigenvalue weighted by molar-refractivity contribution is 9.10. The highest BCUT2D eigenvalue weighted by Crippen LogP contribution is 2.38. The molecule has 96 valence electrons. The van der Waals surface area contributed by atoms with Gasteiger partial charge in [-0.2, -0.15) is 5.10 Å². The fourth-order valence-corrected chi connectivity index (χ4v) is 3.18. The molecule has 2 atom stereocenters. The summed E-state index contributed by atoms with van der Waals surface area (Å²) in [4.78, 5) is 0. The van der Waals surface area contributed by atoms with Crippen molar-refractivity contribution in [1.29, 1.82) is 0 Å². The highest BCUT2D eigenvalue weighted by Gasteiger charge is 2.41. The van der Waals surface area contributed by atoms with Crippen LogP contribution in [-0.4, -0.2) is 28.0 Å². The van der Waals surface area contributed by atoms with E-state index in [-0.39, 0.29) is 5.92 Å². The van der Waals surface area contributed by atoms with Crippen molar-refractivity contribution in [3.63, 3.8) is 0 Å². The molecule has 0 aliphatic carbocycles. The van der Waals surface area contributed by atoms with Crippen molar-refractivity contribution in [2.45, 2.75) is 38.8 Å². The molecule has 1 aromatic rings. The molecular weight excluding hydrogens is 282 g/mol. The fourth-order valence-electron chi connectivity index (χ4n) is 2.54. The number of hydrogen-bond acceptors (Lipinski definition) is 3. The van der Waals surface area contributed by atoms with E-state index in [1.54, 1.807) is 6.20 Å². The number of aliphatic hydroxyl groups is 1. The second kappa shape index (κ2) is 5.08. The van der Waals surface area contributed by atoms with Crippen molar-refractivity contribution < 1.29 is 5.11 Å². The SMILES string of the molecule is CCCn1ncc(Br)c1C1(O)CCNCC1C. The van der Waals surface area contributed by atoms with Crippen LogP contribution in [0.2, 0.25) is 0 Å². The number of rotatable bonds is 3. The van der Waals surface area contributed by atoms with Crippen molar-refractivity contribution >= 4 is 15.9 Å². The lowest BCUT2D eigenvalue weighted by atomic mass is 9.80. The van der Waals surface area contributed by atoms with E-state index in [0.29, 0.717) is 0 Å². The van der Waals surface area contributed by atoms with E-state index in [1.165, 1.54) is 0 Å².